The number of amides is 1. The van der Waals surface area contributed by atoms with Crippen LogP contribution in [0.1, 0.15) is 13.8 Å². The van der Waals surface area contributed by atoms with Gasteiger partial charge in [0.25, 0.3) is 0 Å². The Kier molecular flexibility index (Phi) is 4.90. The number of benzene rings is 1. The first-order valence-corrected chi connectivity index (χ1v) is 5.43. The van der Waals surface area contributed by atoms with Crippen LogP contribution in [0, 0.1) is 5.82 Å². The van der Waals surface area contributed by atoms with Crippen LogP contribution in [0.4, 0.5) is 10.1 Å². The number of rotatable bonds is 5. The van der Waals surface area contributed by atoms with Gasteiger partial charge in [0.2, 0.25) is 5.91 Å². The number of ether oxygens (including phenoxy) is 1. The van der Waals surface area contributed by atoms with Crippen LogP contribution < -0.4 is 15.4 Å². The molecule has 0 fully saturated rings. The SMILES string of the molecule is CNCC(=O)Nc1cc(F)ccc1OC(C)C. The lowest BCUT2D eigenvalue weighted by molar-refractivity contribution is -0.115. The summed E-state index contributed by atoms with van der Waals surface area (Å²) in [6, 6.07) is 4.04. The van der Waals surface area contributed by atoms with Gasteiger partial charge in [0.1, 0.15) is 11.6 Å². The van der Waals surface area contributed by atoms with Crippen LogP contribution in [0.2, 0.25) is 0 Å². The number of likely N-dealkylation sites (N-methyl/N-ethyl adjacent to an activating group) is 1. The Morgan fingerprint density at radius 1 is 1.47 bits per heavy atom. The Hall–Kier alpha value is -1.62. The van der Waals surface area contributed by atoms with Crippen molar-refractivity contribution in [1.82, 2.24) is 5.32 Å². The van der Waals surface area contributed by atoms with Gasteiger partial charge in [-0.05, 0) is 33.0 Å². The predicted molar refractivity (Wildman–Crippen MR) is 64.7 cm³/mol. The minimum atomic E-state index is -0.416. The lowest BCUT2D eigenvalue weighted by Gasteiger charge is -2.14. The second-order valence-electron chi connectivity index (χ2n) is 3.89. The average molecular weight is 240 g/mol. The van der Waals surface area contributed by atoms with Gasteiger partial charge in [-0.2, -0.15) is 0 Å². The van der Waals surface area contributed by atoms with Gasteiger partial charge in [-0.25, -0.2) is 4.39 Å². The van der Waals surface area contributed by atoms with Gasteiger partial charge in [-0.1, -0.05) is 0 Å². The number of hydrogen-bond donors (Lipinski definition) is 2. The first-order chi connectivity index (χ1) is 8.02. The fourth-order valence-electron chi connectivity index (χ4n) is 1.31. The van der Waals surface area contributed by atoms with Gasteiger partial charge >= 0.3 is 0 Å². The summed E-state index contributed by atoms with van der Waals surface area (Å²) in [5, 5.41) is 5.31. The number of carbonyl (C=O) groups excluding carboxylic acids is 1. The topological polar surface area (TPSA) is 50.4 Å². The highest BCUT2D eigenvalue weighted by Gasteiger charge is 2.10. The number of halogens is 1. The molecule has 1 aromatic rings. The molecule has 0 spiro atoms. The summed E-state index contributed by atoms with van der Waals surface area (Å²) in [6.45, 7) is 3.89. The maximum atomic E-state index is 13.1. The highest BCUT2D eigenvalue weighted by Crippen LogP contribution is 2.26. The van der Waals surface area contributed by atoms with E-state index in [9.17, 15) is 9.18 Å². The van der Waals surface area contributed by atoms with Crippen LogP contribution in [-0.2, 0) is 4.79 Å². The number of nitrogens with one attached hydrogen (secondary N) is 2. The van der Waals surface area contributed by atoms with E-state index < -0.39 is 5.82 Å². The summed E-state index contributed by atoms with van der Waals surface area (Å²) >= 11 is 0. The third-order valence-corrected chi connectivity index (χ3v) is 1.92. The zero-order valence-corrected chi connectivity index (χ0v) is 10.2. The maximum Gasteiger partial charge on any atom is 0.238 e. The molecule has 0 bridgehead atoms. The molecule has 1 amide bonds. The summed E-state index contributed by atoms with van der Waals surface area (Å²) in [4.78, 5) is 11.4. The van der Waals surface area contributed by atoms with Crippen molar-refractivity contribution in [3.63, 3.8) is 0 Å². The van der Waals surface area contributed by atoms with E-state index in [0.29, 0.717) is 11.4 Å². The summed E-state index contributed by atoms with van der Waals surface area (Å²) < 4.78 is 18.6. The standard InChI is InChI=1S/C12H17FN2O2/c1-8(2)17-11-5-4-9(13)6-10(11)15-12(16)7-14-3/h4-6,8,14H,7H2,1-3H3,(H,15,16). The van der Waals surface area contributed by atoms with Crippen molar-refractivity contribution in [2.45, 2.75) is 20.0 Å². The molecule has 0 aromatic heterocycles. The molecule has 0 saturated heterocycles. The van der Waals surface area contributed by atoms with Crippen LogP contribution in [0.3, 0.4) is 0 Å². The summed E-state index contributed by atoms with van der Waals surface area (Å²) in [6.07, 6.45) is -0.0413. The number of hydrogen-bond acceptors (Lipinski definition) is 3. The van der Waals surface area contributed by atoms with Gasteiger partial charge in [-0.3, -0.25) is 4.79 Å². The van der Waals surface area contributed by atoms with Crippen LogP contribution in [-0.4, -0.2) is 25.6 Å². The van der Waals surface area contributed by atoms with E-state index in [1.807, 2.05) is 13.8 Å². The minimum absolute atomic E-state index is 0.0413. The molecule has 0 heterocycles. The highest BCUT2D eigenvalue weighted by atomic mass is 19.1. The molecule has 0 atom stereocenters. The molecule has 0 unspecified atom stereocenters. The third-order valence-electron chi connectivity index (χ3n) is 1.92. The second-order valence-corrected chi connectivity index (χ2v) is 3.89. The molecule has 17 heavy (non-hydrogen) atoms. The molecule has 5 heteroatoms. The molecule has 1 rings (SSSR count). The minimum Gasteiger partial charge on any atom is -0.489 e. The van der Waals surface area contributed by atoms with E-state index in [4.69, 9.17) is 4.74 Å². The predicted octanol–water partition coefficient (Wildman–Crippen LogP) is 1.77. The monoisotopic (exact) mass is 240 g/mol. The van der Waals surface area contributed by atoms with Crippen molar-refractivity contribution in [1.29, 1.82) is 0 Å². The van der Waals surface area contributed by atoms with E-state index >= 15 is 0 Å². The second kappa shape index (κ2) is 6.20. The van der Waals surface area contributed by atoms with Crippen LogP contribution in [0.15, 0.2) is 18.2 Å². The van der Waals surface area contributed by atoms with Crippen molar-refractivity contribution in [3.8, 4) is 5.75 Å². The Morgan fingerprint density at radius 2 is 2.18 bits per heavy atom. The molecule has 2 N–H and O–H groups in total. The quantitative estimate of drug-likeness (QED) is 0.824. The van der Waals surface area contributed by atoms with Crippen molar-refractivity contribution < 1.29 is 13.9 Å². The van der Waals surface area contributed by atoms with Gasteiger partial charge in [0.05, 0.1) is 18.3 Å². The Labute approximate surface area is 100 Å². The van der Waals surface area contributed by atoms with Crippen molar-refractivity contribution in [3.05, 3.63) is 24.0 Å². The third kappa shape index (κ3) is 4.40. The molecule has 0 radical (unpaired) electrons. The first kappa shape index (κ1) is 13.4. The number of carbonyl (C=O) groups is 1. The Bertz CT molecular complexity index is 394. The molecule has 4 nitrogen and oxygen atoms in total. The van der Waals surface area contributed by atoms with Crippen LogP contribution in [0.25, 0.3) is 0 Å². The highest BCUT2D eigenvalue weighted by molar-refractivity contribution is 5.93. The van der Waals surface area contributed by atoms with Crippen LogP contribution >= 0.6 is 0 Å². The van der Waals surface area contributed by atoms with E-state index in [-0.39, 0.29) is 18.6 Å². The Balaban J connectivity index is 2.86. The summed E-state index contributed by atoms with van der Waals surface area (Å²) in [5.41, 5.74) is 0.346. The summed E-state index contributed by atoms with van der Waals surface area (Å²) in [7, 11) is 1.66. The average Bonchev–Trinajstić information content (AvgIpc) is 2.22. The fourth-order valence-corrected chi connectivity index (χ4v) is 1.31. The zero-order valence-electron chi connectivity index (χ0n) is 10.2. The molecule has 0 aliphatic rings. The molecular weight excluding hydrogens is 223 g/mol. The molecule has 94 valence electrons. The van der Waals surface area contributed by atoms with Gasteiger partial charge in [0.15, 0.2) is 0 Å². The van der Waals surface area contributed by atoms with E-state index in [2.05, 4.69) is 10.6 Å². The van der Waals surface area contributed by atoms with Crippen molar-refractivity contribution in [2.24, 2.45) is 0 Å². The molecule has 0 saturated carbocycles. The van der Waals surface area contributed by atoms with Crippen molar-refractivity contribution in [2.75, 3.05) is 18.9 Å². The molecule has 1 aromatic carbocycles. The normalized spacial score (nSPS) is 10.4. The van der Waals surface area contributed by atoms with E-state index in [1.165, 1.54) is 18.2 Å². The van der Waals surface area contributed by atoms with Gasteiger partial charge in [0, 0.05) is 6.07 Å². The smallest absolute Gasteiger partial charge is 0.238 e. The molecule has 0 aliphatic heterocycles. The number of anilines is 1. The largest absolute Gasteiger partial charge is 0.489 e. The first-order valence-electron chi connectivity index (χ1n) is 5.43. The maximum absolute atomic E-state index is 13.1. The lowest BCUT2D eigenvalue weighted by Crippen LogP contribution is -2.25. The van der Waals surface area contributed by atoms with Gasteiger partial charge < -0.3 is 15.4 Å². The summed E-state index contributed by atoms with van der Waals surface area (Å²) in [5.74, 6) is -0.196. The van der Waals surface area contributed by atoms with E-state index in [0.717, 1.165) is 0 Å². The van der Waals surface area contributed by atoms with E-state index in [1.54, 1.807) is 7.05 Å². The Morgan fingerprint density at radius 3 is 2.76 bits per heavy atom. The van der Waals surface area contributed by atoms with Gasteiger partial charge in [-0.15, -0.1) is 0 Å². The fraction of sp³-hybridized carbons (Fsp3) is 0.417. The van der Waals surface area contributed by atoms with Crippen molar-refractivity contribution >= 4 is 11.6 Å². The zero-order chi connectivity index (χ0) is 12.8. The molecular formula is C12H17FN2O2. The van der Waals surface area contributed by atoms with Crippen LogP contribution in [0.5, 0.6) is 5.75 Å². The lowest BCUT2D eigenvalue weighted by atomic mass is 10.2. The molecule has 0 aliphatic carbocycles.